The van der Waals surface area contributed by atoms with Crippen molar-refractivity contribution in [3.8, 4) is 0 Å². The summed E-state index contributed by atoms with van der Waals surface area (Å²) >= 11 is 3.35. The maximum atomic E-state index is 12.4. The van der Waals surface area contributed by atoms with Crippen LogP contribution in [0.15, 0.2) is 16.7 Å². The second-order valence-electron chi connectivity index (χ2n) is 4.97. The van der Waals surface area contributed by atoms with E-state index >= 15 is 0 Å². The number of nitrogens with one attached hydrogen (secondary N) is 1. The van der Waals surface area contributed by atoms with Gasteiger partial charge in [0.05, 0.1) is 5.56 Å². The number of rotatable bonds is 7. The second-order valence-corrected chi connectivity index (χ2v) is 5.88. The summed E-state index contributed by atoms with van der Waals surface area (Å²) < 4.78 is 0.783. The van der Waals surface area contributed by atoms with Crippen molar-refractivity contribution in [3.05, 3.63) is 22.3 Å². The molecule has 0 radical (unpaired) electrons. The average Bonchev–Trinajstić information content (AvgIpc) is 2.42. The van der Waals surface area contributed by atoms with E-state index in [-0.39, 0.29) is 11.9 Å². The third-order valence-electron chi connectivity index (χ3n) is 3.03. The molecule has 0 saturated heterocycles. The third kappa shape index (κ3) is 4.76. The number of unbranched alkanes of at least 4 members (excludes halogenated alkanes) is 1. The number of hydrogen-bond donors (Lipinski definition) is 2. The Kier molecular flexibility index (Phi) is 6.95. The number of anilines is 1. The van der Waals surface area contributed by atoms with E-state index < -0.39 is 0 Å². The number of hydrogen-bond acceptors (Lipinski definition) is 4. The van der Waals surface area contributed by atoms with E-state index in [2.05, 4.69) is 33.2 Å². The summed E-state index contributed by atoms with van der Waals surface area (Å²) in [6, 6.07) is 1.79. The molecule has 0 fully saturated rings. The number of halogens is 1. The molecule has 1 atom stereocenters. The van der Waals surface area contributed by atoms with E-state index in [1.54, 1.807) is 12.3 Å². The van der Waals surface area contributed by atoms with Crippen LogP contribution < -0.4 is 16.0 Å². The van der Waals surface area contributed by atoms with E-state index in [9.17, 15) is 4.79 Å². The molecule has 5 nitrogen and oxygen atoms in total. The van der Waals surface area contributed by atoms with Gasteiger partial charge < -0.3 is 16.0 Å². The lowest BCUT2D eigenvalue weighted by Gasteiger charge is -2.20. The van der Waals surface area contributed by atoms with Gasteiger partial charge in [0.25, 0.3) is 5.91 Å². The lowest BCUT2D eigenvalue weighted by atomic mass is 10.1. The molecular weight excluding hydrogens is 320 g/mol. The highest BCUT2D eigenvalue weighted by atomic mass is 79.9. The monoisotopic (exact) mass is 342 g/mol. The molecule has 0 bridgehead atoms. The standard InChI is InChI=1S/C14H23BrN4O/c1-4-5-6-11(8-16)18-14(20)12-7-10(15)9-17-13(12)19(2)3/h7,9,11H,4-6,8,16H2,1-3H3,(H,18,20). The Bertz CT molecular complexity index is 451. The van der Waals surface area contributed by atoms with Crippen LogP contribution in [0.4, 0.5) is 5.82 Å². The molecule has 1 amide bonds. The first-order valence-electron chi connectivity index (χ1n) is 6.83. The predicted molar refractivity (Wildman–Crippen MR) is 86.1 cm³/mol. The Hall–Kier alpha value is -1.14. The maximum Gasteiger partial charge on any atom is 0.255 e. The number of carbonyl (C=O) groups excluding carboxylic acids is 1. The van der Waals surface area contributed by atoms with E-state index in [4.69, 9.17) is 5.73 Å². The highest BCUT2D eigenvalue weighted by Gasteiger charge is 2.17. The predicted octanol–water partition coefficient (Wildman–Crippen LogP) is 2.16. The zero-order valence-electron chi connectivity index (χ0n) is 12.3. The SMILES string of the molecule is CCCCC(CN)NC(=O)c1cc(Br)cnc1N(C)C. The average molecular weight is 343 g/mol. The van der Waals surface area contributed by atoms with Gasteiger partial charge in [-0.05, 0) is 28.4 Å². The Morgan fingerprint density at radius 2 is 2.25 bits per heavy atom. The molecule has 0 aliphatic carbocycles. The molecule has 6 heteroatoms. The fourth-order valence-corrected chi connectivity index (χ4v) is 2.25. The molecular formula is C14H23BrN4O. The van der Waals surface area contributed by atoms with Gasteiger partial charge in [-0.15, -0.1) is 0 Å². The van der Waals surface area contributed by atoms with Crippen molar-refractivity contribution >= 4 is 27.7 Å². The van der Waals surface area contributed by atoms with Gasteiger partial charge in [-0.2, -0.15) is 0 Å². The zero-order valence-corrected chi connectivity index (χ0v) is 13.9. The quantitative estimate of drug-likeness (QED) is 0.796. The van der Waals surface area contributed by atoms with Crippen molar-refractivity contribution in [1.29, 1.82) is 0 Å². The van der Waals surface area contributed by atoms with Crippen LogP contribution in [0, 0.1) is 0 Å². The number of aromatic nitrogens is 1. The second kappa shape index (κ2) is 8.21. The molecule has 1 heterocycles. The molecule has 0 aliphatic rings. The summed E-state index contributed by atoms with van der Waals surface area (Å²) in [5.74, 6) is 0.519. The van der Waals surface area contributed by atoms with Gasteiger partial charge in [0.1, 0.15) is 5.82 Å². The van der Waals surface area contributed by atoms with Crippen LogP contribution in [0.5, 0.6) is 0 Å². The van der Waals surface area contributed by atoms with Gasteiger partial charge in [-0.1, -0.05) is 19.8 Å². The summed E-state index contributed by atoms with van der Waals surface area (Å²) in [6.07, 6.45) is 4.73. The van der Waals surface area contributed by atoms with Crippen LogP contribution >= 0.6 is 15.9 Å². The van der Waals surface area contributed by atoms with Crippen molar-refractivity contribution in [2.75, 3.05) is 25.5 Å². The molecule has 0 saturated carbocycles. The molecule has 0 spiro atoms. The van der Waals surface area contributed by atoms with Crippen LogP contribution in [0.3, 0.4) is 0 Å². The van der Waals surface area contributed by atoms with E-state index in [0.29, 0.717) is 17.9 Å². The maximum absolute atomic E-state index is 12.4. The van der Waals surface area contributed by atoms with Gasteiger partial charge in [-0.3, -0.25) is 4.79 Å². The summed E-state index contributed by atoms with van der Waals surface area (Å²) in [5.41, 5.74) is 6.27. The van der Waals surface area contributed by atoms with Gasteiger partial charge in [0.15, 0.2) is 0 Å². The highest BCUT2D eigenvalue weighted by molar-refractivity contribution is 9.10. The highest BCUT2D eigenvalue weighted by Crippen LogP contribution is 2.20. The van der Waals surface area contributed by atoms with Crippen LogP contribution in [0.1, 0.15) is 36.5 Å². The number of nitrogens with zero attached hydrogens (tertiary/aromatic N) is 2. The van der Waals surface area contributed by atoms with Crippen LogP contribution in [-0.2, 0) is 0 Å². The van der Waals surface area contributed by atoms with E-state index in [0.717, 1.165) is 23.7 Å². The van der Waals surface area contributed by atoms with E-state index in [1.807, 2.05) is 19.0 Å². The molecule has 0 aromatic carbocycles. The minimum Gasteiger partial charge on any atom is -0.362 e. The van der Waals surface area contributed by atoms with Crippen LogP contribution in [0.2, 0.25) is 0 Å². The molecule has 1 rings (SSSR count). The first kappa shape index (κ1) is 16.9. The topological polar surface area (TPSA) is 71.2 Å². The van der Waals surface area contributed by atoms with Crippen LogP contribution in [0.25, 0.3) is 0 Å². The fraction of sp³-hybridized carbons (Fsp3) is 0.571. The number of nitrogens with two attached hydrogens (primary N) is 1. The fourth-order valence-electron chi connectivity index (χ4n) is 1.92. The number of carbonyl (C=O) groups is 1. The molecule has 1 aromatic rings. The molecule has 1 unspecified atom stereocenters. The number of pyridine rings is 1. The summed E-state index contributed by atoms with van der Waals surface area (Å²) in [7, 11) is 3.73. The van der Waals surface area contributed by atoms with Crippen molar-refractivity contribution in [3.63, 3.8) is 0 Å². The van der Waals surface area contributed by atoms with Gasteiger partial charge in [0, 0.05) is 37.4 Å². The van der Waals surface area contributed by atoms with Gasteiger partial charge in [-0.25, -0.2) is 4.98 Å². The van der Waals surface area contributed by atoms with Crippen molar-refractivity contribution in [1.82, 2.24) is 10.3 Å². The molecule has 3 N–H and O–H groups in total. The Balaban J connectivity index is 2.87. The van der Waals surface area contributed by atoms with Crippen molar-refractivity contribution < 1.29 is 4.79 Å². The minimum absolute atomic E-state index is 0.0106. The minimum atomic E-state index is -0.131. The van der Waals surface area contributed by atoms with Crippen LogP contribution in [-0.4, -0.2) is 37.6 Å². The van der Waals surface area contributed by atoms with Gasteiger partial charge in [0.2, 0.25) is 0 Å². The summed E-state index contributed by atoms with van der Waals surface area (Å²) in [4.78, 5) is 18.5. The van der Waals surface area contributed by atoms with Crippen molar-refractivity contribution in [2.45, 2.75) is 32.2 Å². The molecule has 1 aromatic heterocycles. The summed E-state index contributed by atoms with van der Waals surface area (Å²) in [5, 5.41) is 2.99. The van der Waals surface area contributed by atoms with Crippen molar-refractivity contribution in [2.24, 2.45) is 5.73 Å². The first-order chi connectivity index (χ1) is 9.49. The van der Waals surface area contributed by atoms with E-state index in [1.165, 1.54) is 0 Å². The molecule has 0 aliphatic heterocycles. The lowest BCUT2D eigenvalue weighted by molar-refractivity contribution is 0.0936. The molecule has 112 valence electrons. The Labute approximate surface area is 129 Å². The Morgan fingerprint density at radius 3 is 2.80 bits per heavy atom. The Morgan fingerprint density at radius 1 is 1.55 bits per heavy atom. The lowest BCUT2D eigenvalue weighted by Crippen LogP contribution is -2.40. The van der Waals surface area contributed by atoms with Gasteiger partial charge >= 0.3 is 0 Å². The normalized spacial score (nSPS) is 12.1. The number of amides is 1. The third-order valence-corrected chi connectivity index (χ3v) is 3.46. The molecule has 20 heavy (non-hydrogen) atoms. The first-order valence-corrected chi connectivity index (χ1v) is 7.62. The zero-order chi connectivity index (χ0) is 15.1. The summed E-state index contributed by atoms with van der Waals surface area (Å²) in [6.45, 7) is 2.57. The smallest absolute Gasteiger partial charge is 0.255 e. The largest absolute Gasteiger partial charge is 0.362 e.